The van der Waals surface area contributed by atoms with E-state index < -0.39 is 10.0 Å². The Kier molecular flexibility index (Phi) is 7.43. The molecule has 35 heavy (non-hydrogen) atoms. The smallest absolute Gasteiger partial charge is 0.262 e. The third kappa shape index (κ3) is 6.03. The highest BCUT2D eigenvalue weighted by Crippen LogP contribution is 2.35. The molecule has 0 atom stereocenters. The van der Waals surface area contributed by atoms with Gasteiger partial charge in [0.15, 0.2) is 0 Å². The molecule has 0 aliphatic carbocycles. The van der Waals surface area contributed by atoms with Gasteiger partial charge in [0.1, 0.15) is 5.75 Å². The summed E-state index contributed by atoms with van der Waals surface area (Å²) in [5.74, 6) is -0.0140. The van der Waals surface area contributed by atoms with Crippen LogP contribution in [-0.4, -0.2) is 21.4 Å². The summed E-state index contributed by atoms with van der Waals surface area (Å²) in [6, 6.07) is 28.3. The molecule has 4 aromatic carbocycles. The zero-order valence-electron chi connectivity index (χ0n) is 19.2. The van der Waals surface area contributed by atoms with Gasteiger partial charge < -0.3 is 10.1 Å². The predicted molar refractivity (Wildman–Crippen MR) is 140 cm³/mol. The number of aryl methyl sites for hydroxylation is 1. The number of hydrogen-bond acceptors (Lipinski definition) is 5. The van der Waals surface area contributed by atoms with Crippen molar-refractivity contribution in [3.63, 3.8) is 0 Å². The van der Waals surface area contributed by atoms with Crippen molar-refractivity contribution in [3.05, 3.63) is 108 Å². The van der Waals surface area contributed by atoms with E-state index in [1.807, 2.05) is 61.5 Å². The van der Waals surface area contributed by atoms with Crippen LogP contribution in [0.15, 0.2) is 112 Å². The summed E-state index contributed by atoms with van der Waals surface area (Å²) >= 11 is 1.46. The highest BCUT2D eigenvalue weighted by molar-refractivity contribution is 7.99. The van der Waals surface area contributed by atoms with Crippen molar-refractivity contribution in [2.45, 2.75) is 21.6 Å². The van der Waals surface area contributed by atoms with Crippen LogP contribution >= 0.6 is 11.8 Å². The highest BCUT2D eigenvalue weighted by Gasteiger charge is 2.20. The van der Waals surface area contributed by atoms with Gasteiger partial charge in [-0.15, -0.1) is 0 Å². The molecule has 4 aromatic rings. The summed E-state index contributed by atoms with van der Waals surface area (Å²) < 4.78 is 34.6. The third-order valence-corrected chi connectivity index (χ3v) is 7.59. The van der Waals surface area contributed by atoms with E-state index in [1.54, 1.807) is 24.3 Å². The minimum absolute atomic E-state index is 0.00276. The predicted octanol–water partition coefficient (Wildman–Crippen LogP) is 6.21. The Balaban J connectivity index is 1.60. The first-order chi connectivity index (χ1) is 16.9. The molecule has 8 heteroatoms. The largest absolute Gasteiger partial charge is 0.495 e. The Morgan fingerprint density at radius 1 is 0.829 bits per heavy atom. The zero-order chi connectivity index (χ0) is 24.8. The fourth-order valence-corrected chi connectivity index (χ4v) is 5.40. The summed E-state index contributed by atoms with van der Waals surface area (Å²) in [5, 5.41) is 2.76. The van der Waals surface area contributed by atoms with E-state index >= 15 is 0 Å². The number of anilines is 2. The molecule has 0 saturated carbocycles. The van der Waals surface area contributed by atoms with Gasteiger partial charge in [0.25, 0.3) is 15.9 Å². The summed E-state index contributed by atoms with van der Waals surface area (Å²) in [4.78, 5) is 14.5. The molecule has 0 fully saturated rings. The molecule has 0 heterocycles. The zero-order valence-corrected chi connectivity index (χ0v) is 20.8. The maximum atomic E-state index is 13.3. The Morgan fingerprint density at radius 2 is 1.51 bits per heavy atom. The number of rotatable bonds is 8. The van der Waals surface area contributed by atoms with Crippen LogP contribution in [0.5, 0.6) is 5.75 Å². The number of nitrogens with one attached hydrogen (secondary N) is 2. The van der Waals surface area contributed by atoms with Crippen LogP contribution in [0.25, 0.3) is 0 Å². The first-order valence-corrected chi connectivity index (χ1v) is 13.1. The van der Waals surface area contributed by atoms with Crippen molar-refractivity contribution in [1.82, 2.24) is 0 Å². The Morgan fingerprint density at radius 3 is 2.23 bits per heavy atom. The van der Waals surface area contributed by atoms with Crippen molar-refractivity contribution in [2.75, 3.05) is 17.1 Å². The maximum Gasteiger partial charge on any atom is 0.262 e. The van der Waals surface area contributed by atoms with Crippen molar-refractivity contribution in [2.24, 2.45) is 0 Å². The lowest BCUT2D eigenvalue weighted by molar-refractivity contribution is 0.102. The normalized spacial score (nSPS) is 11.0. The van der Waals surface area contributed by atoms with Gasteiger partial charge in [0, 0.05) is 15.4 Å². The molecule has 1 amide bonds. The van der Waals surface area contributed by atoms with Crippen LogP contribution in [0.3, 0.4) is 0 Å². The summed E-state index contributed by atoms with van der Waals surface area (Å²) in [6.45, 7) is 1.93. The third-order valence-electron chi connectivity index (χ3n) is 5.15. The fraction of sp³-hybridized carbons (Fsp3) is 0.0741. The van der Waals surface area contributed by atoms with E-state index in [-0.39, 0.29) is 16.5 Å². The molecular formula is C27H24N2O4S2. The van der Waals surface area contributed by atoms with E-state index in [1.165, 1.54) is 37.1 Å². The summed E-state index contributed by atoms with van der Waals surface area (Å²) in [6.07, 6.45) is 0. The second-order valence-electron chi connectivity index (χ2n) is 7.70. The topological polar surface area (TPSA) is 84.5 Å². The fourth-order valence-electron chi connectivity index (χ4n) is 3.31. The molecule has 4 rings (SSSR count). The first-order valence-electron chi connectivity index (χ1n) is 10.8. The number of carbonyl (C=O) groups is 1. The number of para-hydroxylation sites is 1. The Hall–Kier alpha value is -3.75. The van der Waals surface area contributed by atoms with Gasteiger partial charge >= 0.3 is 0 Å². The average Bonchev–Trinajstić information content (AvgIpc) is 2.86. The lowest BCUT2D eigenvalue weighted by Crippen LogP contribution is -2.16. The van der Waals surface area contributed by atoms with Gasteiger partial charge in [-0.3, -0.25) is 9.52 Å². The van der Waals surface area contributed by atoms with Crippen LogP contribution in [0, 0.1) is 6.92 Å². The molecule has 178 valence electrons. The average molecular weight is 505 g/mol. The number of methoxy groups -OCH3 is 1. The summed E-state index contributed by atoms with van der Waals surface area (Å²) in [5.41, 5.74) is 2.20. The number of amides is 1. The van der Waals surface area contributed by atoms with Crippen molar-refractivity contribution in [3.8, 4) is 5.75 Å². The van der Waals surface area contributed by atoms with Gasteiger partial charge in [-0.05, 0) is 61.5 Å². The van der Waals surface area contributed by atoms with E-state index in [2.05, 4.69) is 10.0 Å². The van der Waals surface area contributed by atoms with E-state index in [0.717, 1.165) is 15.4 Å². The molecule has 0 radical (unpaired) electrons. The van der Waals surface area contributed by atoms with E-state index in [0.29, 0.717) is 17.0 Å². The van der Waals surface area contributed by atoms with Crippen LogP contribution < -0.4 is 14.8 Å². The molecule has 0 aliphatic rings. The lowest BCUT2D eigenvalue weighted by Gasteiger charge is -2.15. The van der Waals surface area contributed by atoms with Gasteiger partial charge in [0.2, 0.25) is 0 Å². The SMILES string of the molecule is COc1ccc(S(=O)(=O)Nc2ccccc2Sc2ccccc2)cc1NC(=O)c1ccc(C)cc1. The quantitative estimate of drug-likeness (QED) is 0.298. The van der Waals surface area contributed by atoms with E-state index in [9.17, 15) is 13.2 Å². The molecular weight excluding hydrogens is 480 g/mol. The number of carbonyl (C=O) groups excluding carboxylic acids is 1. The van der Waals surface area contributed by atoms with Gasteiger partial charge in [-0.25, -0.2) is 8.42 Å². The maximum absolute atomic E-state index is 13.3. The van der Waals surface area contributed by atoms with Crippen molar-refractivity contribution >= 4 is 39.1 Å². The number of benzene rings is 4. The highest BCUT2D eigenvalue weighted by atomic mass is 32.2. The minimum atomic E-state index is -3.95. The van der Waals surface area contributed by atoms with Crippen LogP contribution in [0.4, 0.5) is 11.4 Å². The molecule has 0 saturated heterocycles. The molecule has 0 aliphatic heterocycles. The van der Waals surface area contributed by atoms with Crippen molar-refractivity contribution < 1.29 is 17.9 Å². The molecule has 0 bridgehead atoms. The van der Waals surface area contributed by atoms with Crippen LogP contribution in [0.1, 0.15) is 15.9 Å². The van der Waals surface area contributed by atoms with Crippen LogP contribution in [-0.2, 0) is 10.0 Å². The molecule has 6 nitrogen and oxygen atoms in total. The van der Waals surface area contributed by atoms with Gasteiger partial charge in [-0.2, -0.15) is 0 Å². The second kappa shape index (κ2) is 10.7. The summed E-state index contributed by atoms with van der Waals surface area (Å²) in [7, 11) is -2.49. The van der Waals surface area contributed by atoms with Gasteiger partial charge in [-0.1, -0.05) is 59.8 Å². The molecule has 2 N–H and O–H groups in total. The van der Waals surface area contributed by atoms with Crippen LogP contribution in [0.2, 0.25) is 0 Å². The lowest BCUT2D eigenvalue weighted by atomic mass is 10.1. The number of sulfonamides is 1. The first kappa shape index (κ1) is 24.4. The Labute approximate surface area is 209 Å². The number of ether oxygens (including phenoxy) is 1. The number of hydrogen-bond donors (Lipinski definition) is 2. The van der Waals surface area contributed by atoms with E-state index in [4.69, 9.17) is 4.74 Å². The second-order valence-corrected chi connectivity index (χ2v) is 10.5. The van der Waals surface area contributed by atoms with Gasteiger partial charge in [0.05, 0.1) is 23.4 Å². The monoisotopic (exact) mass is 504 g/mol. The molecule has 0 aromatic heterocycles. The Bertz CT molecular complexity index is 1440. The van der Waals surface area contributed by atoms with Crippen molar-refractivity contribution in [1.29, 1.82) is 0 Å². The standard InChI is InChI=1S/C27H24N2O4S2/c1-19-12-14-20(15-13-19)27(30)28-24-18-22(16-17-25(24)33-2)35(31,32)29-23-10-6-7-11-26(23)34-21-8-4-3-5-9-21/h3-18,29H,1-2H3,(H,28,30). The minimum Gasteiger partial charge on any atom is -0.495 e. The molecule has 0 spiro atoms. The molecule has 0 unspecified atom stereocenters.